The van der Waals surface area contributed by atoms with E-state index in [4.69, 9.17) is 5.73 Å². The topological polar surface area (TPSA) is 38.9 Å². The fraction of sp³-hybridized carbons (Fsp3) is 0.214. The number of benzene rings is 1. The third-order valence-electron chi connectivity index (χ3n) is 2.86. The lowest BCUT2D eigenvalue weighted by molar-refractivity contribution is -0.137. The Balaban J connectivity index is 2.19. The number of halogens is 4. The first-order valence-corrected chi connectivity index (χ1v) is 6.68. The Bertz CT molecular complexity index is 599. The molecule has 0 aliphatic carbocycles. The van der Waals surface area contributed by atoms with Crippen LogP contribution in [0, 0.1) is 0 Å². The molecule has 0 aliphatic rings. The second kappa shape index (κ2) is 5.93. The number of hydrogen-bond donors (Lipinski definition) is 1. The number of nitrogens with zero attached hydrogens (tertiary/aromatic N) is 1. The van der Waals surface area contributed by atoms with E-state index in [2.05, 4.69) is 20.9 Å². The van der Waals surface area contributed by atoms with Crippen molar-refractivity contribution in [2.24, 2.45) is 5.73 Å². The van der Waals surface area contributed by atoms with Gasteiger partial charge in [-0.2, -0.15) is 13.2 Å². The molecule has 0 spiro atoms. The van der Waals surface area contributed by atoms with E-state index in [-0.39, 0.29) is 0 Å². The van der Waals surface area contributed by atoms with Crippen LogP contribution in [0.4, 0.5) is 13.2 Å². The summed E-state index contributed by atoms with van der Waals surface area (Å²) in [7, 11) is 0. The highest BCUT2D eigenvalue weighted by atomic mass is 79.9. The van der Waals surface area contributed by atoms with Gasteiger partial charge in [0, 0.05) is 22.9 Å². The summed E-state index contributed by atoms with van der Waals surface area (Å²) in [6.07, 6.45) is -0.641. The Kier molecular flexibility index (Phi) is 4.45. The number of rotatable bonds is 3. The van der Waals surface area contributed by atoms with Gasteiger partial charge in [0.25, 0.3) is 0 Å². The second-order valence-corrected chi connectivity index (χ2v) is 5.36. The van der Waals surface area contributed by atoms with Crippen molar-refractivity contribution in [2.45, 2.75) is 18.6 Å². The molecule has 0 amide bonds. The van der Waals surface area contributed by atoms with Gasteiger partial charge in [0.2, 0.25) is 0 Å². The molecule has 1 aromatic heterocycles. The number of hydrogen-bond acceptors (Lipinski definition) is 2. The maximum Gasteiger partial charge on any atom is 0.416 e. The molecule has 0 bridgehead atoms. The highest BCUT2D eigenvalue weighted by Gasteiger charge is 2.30. The zero-order valence-corrected chi connectivity index (χ0v) is 11.9. The Morgan fingerprint density at radius 3 is 2.60 bits per heavy atom. The summed E-state index contributed by atoms with van der Waals surface area (Å²) in [4.78, 5) is 4.01. The normalized spacial score (nSPS) is 13.2. The first-order valence-electron chi connectivity index (χ1n) is 5.88. The van der Waals surface area contributed by atoms with Gasteiger partial charge in [-0.25, -0.2) is 0 Å². The van der Waals surface area contributed by atoms with Gasteiger partial charge in [-0.15, -0.1) is 0 Å². The van der Waals surface area contributed by atoms with Crippen LogP contribution in [0.5, 0.6) is 0 Å². The molecule has 2 nitrogen and oxygen atoms in total. The minimum atomic E-state index is -4.35. The summed E-state index contributed by atoms with van der Waals surface area (Å²) >= 11 is 3.29. The highest BCUT2D eigenvalue weighted by Crippen LogP contribution is 2.31. The van der Waals surface area contributed by atoms with Crippen molar-refractivity contribution in [3.8, 4) is 0 Å². The van der Waals surface area contributed by atoms with E-state index in [1.54, 1.807) is 18.5 Å². The average Bonchev–Trinajstić information content (AvgIpc) is 2.38. The third-order valence-corrected chi connectivity index (χ3v) is 3.29. The molecule has 0 fully saturated rings. The maximum atomic E-state index is 12.7. The lowest BCUT2D eigenvalue weighted by Crippen LogP contribution is -2.15. The van der Waals surface area contributed by atoms with Gasteiger partial charge in [-0.3, -0.25) is 4.98 Å². The van der Waals surface area contributed by atoms with Gasteiger partial charge >= 0.3 is 6.18 Å². The summed E-state index contributed by atoms with van der Waals surface area (Å²) in [5.41, 5.74) is 6.62. The van der Waals surface area contributed by atoms with Gasteiger partial charge in [-0.05, 0) is 51.7 Å². The van der Waals surface area contributed by atoms with E-state index in [0.717, 1.165) is 22.2 Å². The van der Waals surface area contributed by atoms with E-state index >= 15 is 0 Å². The van der Waals surface area contributed by atoms with Gasteiger partial charge in [0.1, 0.15) is 0 Å². The Morgan fingerprint density at radius 2 is 1.95 bits per heavy atom. The summed E-state index contributed by atoms with van der Waals surface area (Å²) in [5, 5.41) is 0. The second-order valence-electron chi connectivity index (χ2n) is 4.45. The fourth-order valence-corrected chi connectivity index (χ4v) is 2.30. The lowest BCUT2D eigenvalue weighted by atomic mass is 9.99. The van der Waals surface area contributed by atoms with Crippen LogP contribution in [0.3, 0.4) is 0 Å². The predicted octanol–water partition coefficient (Wildman–Crippen LogP) is 4.11. The van der Waals surface area contributed by atoms with Crippen molar-refractivity contribution in [3.05, 3.63) is 63.9 Å². The molecule has 0 radical (unpaired) electrons. The first kappa shape index (κ1) is 15.0. The van der Waals surface area contributed by atoms with Crippen molar-refractivity contribution >= 4 is 15.9 Å². The van der Waals surface area contributed by atoms with Gasteiger partial charge in [-0.1, -0.05) is 12.1 Å². The molecule has 1 heterocycles. The zero-order valence-electron chi connectivity index (χ0n) is 10.4. The van der Waals surface area contributed by atoms with Crippen molar-refractivity contribution in [2.75, 3.05) is 0 Å². The van der Waals surface area contributed by atoms with Crippen LogP contribution in [0.1, 0.15) is 22.7 Å². The Labute approximate surface area is 123 Å². The molecule has 1 unspecified atom stereocenters. The summed E-state index contributed by atoms with van der Waals surface area (Å²) in [5.74, 6) is 0. The summed E-state index contributed by atoms with van der Waals surface area (Å²) in [6, 6.07) is 6.45. The number of pyridine rings is 1. The molecule has 0 aliphatic heterocycles. The van der Waals surface area contributed by atoms with Crippen LogP contribution >= 0.6 is 15.9 Å². The Morgan fingerprint density at radius 1 is 1.20 bits per heavy atom. The van der Waals surface area contributed by atoms with Crippen LogP contribution in [0.15, 0.2) is 47.2 Å². The van der Waals surface area contributed by atoms with Crippen LogP contribution < -0.4 is 5.73 Å². The smallest absolute Gasteiger partial charge is 0.324 e. The molecule has 6 heteroatoms. The molecule has 2 N–H and O–H groups in total. The fourth-order valence-electron chi connectivity index (χ4n) is 1.88. The average molecular weight is 345 g/mol. The maximum absolute atomic E-state index is 12.7. The molecule has 20 heavy (non-hydrogen) atoms. The van der Waals surface area contributed by atoms with Crippen LogP contribution in [-0.4, -0.2) is 4.98 Å². The number of aromatic nitrogens is 1. The molecular weight excluding hydrogens is 333 g/mol. The molecule has 0 saturated heterocycles. The summed E-state index contributed by atoms with van der Waals surface area (Å²) in [6.45, 7) is 0. The van der Waals surface area contributed by atoms with Gasteiger partial charge in [0.05, 0.1) is 5.56 Å². The first-order chi connectivity index (χ1) is 9.36. The number of nitrogens with two attached hydrogens (primary N) is 1. The monoisotopic (exact) mass is 344 g/mol. The van der Waals surface area contributed by atoms with Crippen LogP contribution in [0.2, 0.25) is 0 Å². The quantitative estimate of drug-likeness (QED) is 0.910. The SMILES string of the molecule is NC(Cc1cncc(Br)c1)c1cccc(C(F)(F)F)c1. The van der Waals surface area contributed by atoms with Crippen molar-refractivity contribution < 1.29 is 13.2 Å². The van der Waals surface area contributed by atoms with E-state index in [1.165, 1.54) is 6.07 Å². The predicted molar refractivity (Wildman–Crippen MR) is 74.0 cm³/mol. The van der Waals surface area contributed by atoms with Crippen molar-refractivity contribution in [1.29, 1.82) is 0 Å². The molecule has 1 aromatic carbocycles. The largest absolute Gasteiger partial charge is 0.416 e. The standard InChI is InChI=1S/C14H12BrF3N2/c15-12-4-9(7-20-8-12)5-13(19)10-2-1-3-11(6-10)14(16,17)18/h1-4,6-8,13H,5,19H2. The van der Waals surface area contributed by atoms with E-state index < -0.39 is 17.8 Å². The molecule has 106 valence electrons. The van der Waals surface area contributed by atoms with Gasteiger partial charge in [0.15, 0.2) is 0 Å². The van der Waals surface area contributed by atoms with Crippen LogP contribution in [-0.2, 0) is 12.6 Å². The Hall–Kier alpha value is -1.40. The zero-order chi connectivity index (χ0) is 14.8. The number of alkyl halides is 3. The lowest BCUT2D eigenvalue weighted by Gasteiger charge is -2.14. The van der Waals surface area contributed by atoms with Crippen molar-refractivity contribution in [1.82, 2.24) is 4.98 Å². The van der Waals surface area contributed by atoms with E-state index in [0.29, 0.717) is 12.0 Å². The van der Waals surface area contributed by atoms with E-state index in [1.807, 2.05) is 6.07 Å². The van der Waals surface area contributed by atoms with Crippen LogP contribution in [0.25, 0.3) is 0 Å². The minimum absolute atomic E-state index is 0.424. The van der Waals surface area contributed by atoms with Crippen molar-refractivity contribution in [3.63, 3.8) is 0 Å². The minimum Gasteiger partial charge on any atom is -0.324 e. The molecule has 2 aromatic rings. The summed E-state index contributed by atoms with van der Waals surface area (Å²) < 4.78 is 38.8. The molecule has 1 atom stereocenters. The molecule has 2 rings (SSSR count). The van der Waals surface area contributed by atoms with Gasteiger partial charge < -0.3 is 5.73 Å². The third kappa shape index (κ3) is 3.80. The van der Waals surface area contributed by atoms with E-state index in [9.17, 15) is 13.2 Å². The molecular formula is C14H12BrF3N2. The molecule has 0 saturated carbocycles. The highest BCUT2D eigenvalue weighted by molar-refractivity contribution is 9.10.